The molecule has 0 bridgehead atoms. The van der Waals surface area contributed by atoms with E-state index in [2.05, 4.69) is 37.7 Å². The molecule has 5 nitrogen and oxygen atoms in total. The van der Waals surface area contributed by atoms with Gasteiger partial charge in [-0.2, -0.15) is 0 Å². The molecule has 0 amide bonds. The van der Waals surface area contributed by atoms with Crippen molar-refractivity contribution in [2.24, 2.45) is 0 Å². The van der Waals surface area contributed by atoms with Gasteiger partial charge in [-0.1, -0.05) is 12.1 Å². The number of imidazole rings is 1. The van der Waals surface area contributed by atoms with Gasteiger partial charge in [-0.25, -0.2) is 4.98 Å². The summed E-state index contributed by atoms with van der Waals surface area (Å²) in [6.07, 6.45) is 7.54. The highest BCUT2D eigenvalue weighted by Crippen LogP contribution is 2.32. The van der Waals surface area contributed by atoms with E-state index in [1.807, 2.05) is 25.6 Å². The van der Waals surface area contributed by atoms with E-state index in [1.165, 1.54) is 16.3 Å². The monoisotopic (exact) mass is 306 g/mol. The zero-order chi connectivity index (χ0) is 15.8. The third-order valence-electron chi connectivity index (χ3n) is 4.27. The lowest BCUT2D eigenvalue weighted by molar-refractivity contribution is 0.185. The summed E-state index contributed by atoms with van der Waals surface area (Å²) in [5.74, 6) is 0. The van der Waals surface area contributed by atoms with Gasteiger partial charge in [-0.15, -0.1) is 0 Å². The number of ether oxygens (including phenoxy) is 1. The van der Waals surface area contributed by atoms with Crippen LogP contribution in [0.25, 0.3) is 21.8 Å². The van der Waals surface area contributed by atoms with E-state index in [4.69, 9.17) is 4.74 Å². The van der Waals surface area contributed by atoms with Crippen LogP contribution in [0.1, 0.15) is 16.8 Å². The number of nitrogens with one attached hydrogen (secondary N) is 1. The summed E-state index contributed by atoms with van der Waals surface area (Å²) >= 11 is 0. The molecule has 0 fully saturated rings. The van der Waals surface area contributed by atoms with Crippen LogP contribution in [0.3, 0.4) is 0 Å². The minimum Gasteiger partial charge on any atom is -0.380 e. The molecule has 4 aromatic rings. The van der Waals surface area contributed by atoms with E-state index in [-0.39, 0.29) is 0 Å². The van der Waals surface area contributed by atoms with E-state index in [0.717, 1.165) is 28.8 Å². The molecule has 116 valence electrons. The summed E-state index contributed by atoms with van der Waals surface area (Å²) in [5.41, 5.74) is 5.60. The third kappa shape index (κ3) is 2.29. The van der Waals surface area contributed by atoms with Gasteiger partial charge in [0.05, 0.1) is 24.6 Å². The van der Waals surface area contributed by atoms with Crippen LogP contribution in [0, 0.1) is 6.92 Å². The predicted octanol–water partition coefficient (Wildman–Crippen LogP) is 3.42. The fraction of sp³-hybridized carbons (Fsp3) is 0.222. The van der Waals surface area contributed by atoms with Gasteiger partial charge in [-0.05, 0) is 18.6 Å². The average molecular weight is 306 g/mol. The van der Waals surface area contributed by atoms with Gasteiger partial charge in [0.2, 0.25) is 0 Å². The molecule has 0 atom stereocenters. The second-order valence-corrected chi connectivity index (χ2v) is 5.74. The van der Waals surface area contributed by atoms with Gasteiger partial charge < -0.3 is 14.3 Å². The Morgan fingerprint density at radius 2 is 2.13 bits per heavy atom. The van der Waals surface area contributed by atoms with Crippen molar-refractivity contribution in [3.8, 4) is 0 Å². The smallest absolute Gasteiger partial charge is 0.0949 e. The molecule has 0 aliphatic rings. The highest BCUT2D eigenvalue weighted by Gasteiger charge is 2.15. The molecular weight excluding hydrogens is 288 g/mol. The van der Waals surface area contributed by atoms with Crippen molar-refractivity contribution in [2.45, 2.75) is 20.1 Å². The third-order valence-corrected chi connectivity index (χ3v) is 4.27. The van der Waals surface area contributed by atoms with Crippen LogP contribution >= 0.6 is 0 Å². The van der Waals surface area contributed by atoms with Crippen LogP contribution in [0.15, 0.2) is 43.1 Å². The van der Waals surface area contributed by atoms with Crippen molar-refractivity contribution in [1.82, 2.24) is 19.5 Å². The van der Waals surface area contributed by atoms with Crippen LogP contribution in [0.2, 0.25) is 0 Å². The summed E-state index contributed by atoms with van der Waals surface area (Å²) in [7, 11) is 1.72. The van der Waals surface area contributed by atoms with Gasteiger partial charge in [0, 0.05) is 53.6 Å². The number of aromatic nitrogens is 4. The number of benzene rings is 1. The van der Waals surface area contributed by atoms with Gasteiger partial charge in [0.15, 0.2) is 0 Å². The number of aryl methyl sites for hydroxylation is 1. The SMILES string of the molecule is COCc1c(C)ncc2[nH]c3cccc(Cn4ccnc4)c3c12. The number of hydrogen-bond acceptors (Lipinski definition) is 3. The lowest BCUT2D eigenvalue weighted by atomic mass is 10.0. The van der Waals surface area contributed by atoms with Crippen molar-refractivity contribution >= 4 is 21.8 Å². The van der Waals surface area contributed by atoms with Crippen molar-refractivity contribution in [3.05, 3.63) is 59.9 Å². The first-order chi connectivity index (χ1) is 11.3. The van der Waals surface area contributed by atoms with Crippen LogP contribution in [-0.2, 0) is 17.9 Å². The number of aromatic amines is 1. The first-order valence-electron chi connectivity index (χ1n) is 7.60. The van der Waals surface area contributed by atoms with E-state index in [0.29, 0.717) is 6.61 Å². The first-order valence-corrected chi connectivity index (χ1v) is 7.60. The Morgan fingerprint density at radius 1 is 1.22 bits per heavy atom. The normalized spacial score (nSPS) is 11.6. The maximum absolute atomic E-state index is 5.41. The van der Waals surface area contributed by atoms with E-state index in [9.17, 15) is 0 Å². The van der Waals surface area contributed by atoms with E-state index < -0.39 is 0 Å². The lowest BCUT2D eigenvalue weighted by Crippen LogP contribution is -1.99. The zero-order valence-electron chi connectivity index (χ0n) is 13.2. The molecule has 1 N–H and O–H groups in total. The fourth-order valence-electron chi connectivity index (χ4n) is 3.20. The van der Waals surface area contributed by atoms with E-state index >= 15 is 0 Å². The number of pyridine rings is 1. The number of methoxy groups -OCH3 is 1. The molecule has 0 saturated carbocycles. The largest absolute Gasteiger partial charge is 0.380 e. The molecule has 23 heavy (non-hydrogen) atoms. The van der Waals surface area contributed by atoms with Crippen molar-refractivity contribution < 1.29 is 4.74 Å². The Balaban J connectivity index is 2.02. The Kier molecular flexibility index (Phi) is 3.35. The van der Waals surface area contributed by atoms with Crippen molar-refractivity contribution in [2.75, 3.05) is 7.11 Å². The zero-order valence-corrected chi connectivity index (χ0v) is 13.2. The molecule has 0 unspecified atom stereocenters. The fourth-order valence-corrected chi connectivity index (χ4v) is 3.20. The minimum absolute atomic E-state index is 0.558. The first kappa shape index (κ1) is 14.0. The second kappa shape index (κ2) is 5.52. The van der Waals surface area contributed by atoms with Gasteiger partial charge >= 0.3 is 0 Å². The molecule has 4 rings (SSSR count). The summed E-state index contributed by atoms with van der Waals surface area (Å²) in [4.78, 5) is 12.1. The number of rotatable bonds is 4. The standard InChI is InChI=1S/C18H18N4O/c1-12-14(10-23-2)18-16(8-20-12)21-15-5-3-4-13(17(15)18)9-22-7-6-19-11-22/h3-8,11,21H,9-10H2,1-2H3. The summed E-state index contributed by atoms with van der Waals surface area (Å²) in [6.45, 7) is 3.38. The van der Waals surface area contributed by atoms with Crippen LogP contribution in [-0.4, -0.2) is 26.6 Å². The summed E-state index contributed by atoms with van der Waals surface area (Å²) in [5, 5.41) is 2.46. The predicted molar refractivity (Wildman–Crippen MR) is 90.4 cm³/mol. The topological polar surface area (TPSA) is 55.7 Å². The van der Waals surface area contributed by atoms with Gasteiger partial charge in [0.25, 0.3) is 0 Å². The molecule has 5 heteroatoms. The maximum Gasteiger partial charge on any atom is 0.0949 e. The Labute approximate surface area is 133 Å². The van der Waals surface area contributed by atoms with Crippen molar-refractivity contribution in [1.29, 1.82) is 0 Å². The summed E-state index contributed by atoms with van der Waals surface area (Å²) in [6, 6.07) is 6.36. The molecule has 0 radical (unpaired) electrons. The number of H-pyrrole nitrogens is 1. The highest BCUT2D eigenvalue weighted by molar-refractivity contribution is 6.10. The lowest BCUT2D eigenvalue weighted by Gasteiger charge is -2.09. The average Bonchev–Trinajstić information content (AvgIpc) is 3.18. The molecule has 0 saturated heterocycles. The number of hydrogen-bond donors (Lipinski definition) is 1. The molecule has 3 heterocycles. The van der Waals surface area contributed by atoms with Gasteiger partial charge in [-0.3, -0.25) is 4.98 Å². The van der Waals surface area contributed by atoms with Crippen LogP contribution in [0.4, 0.5) is 0 Å². The quantitative estimate of drug-likeness (QED) is 0.628. The Bertz CT molecular complexity index is 970. The number of nitrogens with zero attached hydrogens (tertiary/aromatic N) is 3. The van der Waals surface area contributed by atoms with Gasteiger partial charge in [0.1, 0.15) is 0 Å². The molecule has 3 aromatic heterocycles. The minimum atomic E-state index is 0.558. The van der Waals surface area contributed by atoms with Crippen molar-refractivity contribution in [3.63, 3.8) is 0 Å². The molecule has 0 spiro atoms. The van der Waals surface area contributed by atoms with Crippen LogP contribution < -0.4 is 0 Å². The van der Waals surface area contributed by atoms with E-state index in [1.54, 1.807) is 13.3 Å². The Hall–Kier alpha value is -2.66. The Morgan fingerprint density at radius 3 is 2.91 bits per heavy atom. The summed E-state index contributed by atoms with van der Waals surface area (Å²) < 4.78 is 7.49. The molecule has 0 aliphatic heterocycles. The second-order valence-electron chi connectivity index (χ2n) is 5.74. The maximum atomic E-state index is 5.41. The molecule has 0 aliphatic carbocycles. The molecular formula is C18H18N4O. The molecule has 1 aromatic carbocycles. The highest BCUT2D eigenvalue weighted by atomic mass is 16.5. The van der Waals surface area contributed by atoms with Crippen LogP contribution in [0.5, 0.6) is 0 Å². The number of fused-ring (bicyclic) bond motifs is 3.